The fraction of sp³-hybridized carbons (Fsp3) is 0.696. The van der Waals surface area contributed by atoms with Crippen LogP contribution in [0.5, 0.6) is 11.5 Å². The lowest BCUT2D eigenvalue weighted by molar-refractivity contribution is -0.140. The van der Waals surface area contributed by atoms with Gasteiger partial charge in [0, 0.05) is 25.0 Å². The number of hydrogen-bond acceptors (Lipinski definition) is 5. The predicted octanol–water partition coefficient (Wildman–Crippen LogP) is 2.61. The van der Waals surface area contributed by atoms with Gasteiger partial charge in [-0.25, -0.2) is 0 Å². The van der Waals surface area contributed by atoms with E-state index in [2.05, 4.69) is 54.9 Å². The van der Waals surface area contributed by atoms with Crippen LogP contribution in [0.1, 0.15) is 38.2 Å². The highest BCUT2D eigenvalue weighted by atomic mass is 16.7. The number of fused-ring (bicyclic) bond motifs is 1. The third kappa shape index (κ3) is 4.24. The summed E-state index contributed by atoms with van der Waals surface area (Å²) < 4.78 is 11.0. The smallest absolute Gasteiger partial charge is 0.231 e. The molecule has 1 amide bonds. The zero-order valence-electron chi connectivity index (χ0n) is 18.4. The van der Waals surface area contributed by atoms with Crippen molar-refractivity contribution in [1.82, 2.24) is 14.7 Å². The normalized spacial score (nSPS) is 26.9. The first-order valence-corrected chi connectivity index (χ1v) is 10.8. The van der Waals surface area contributed by atoms with Crippen molar-refractivity contribution < 1.29 is 14.3 Å². The molecule has 160 valence electrons. The van der Waals surface area contributed by atoms with Crippen LogP contribution in [0, 0.1) is 5.41 Å². The average molecular weight is 402 g/mol. The molecule has 0 N–H and O–H groups in total. The summed E-state index contributed by atoms with van der Waals surface area (Å²) >= 11 is 0. The molecule has 0 aliphatic carbocycles. The lowest BCUT2D eigenvalue weighted by Gasteiger charge is -2.50. The van der Waals surface area contributed by atoms with E-state index in [1.165, 1.54) is 5.56 Å². The van der Waals surface area contributed by atoms with Gasteiger partial charge in [0.25, 0.3) is 0 Å². The molecule has 6 nitrogen and oxygen atoms in total. The Morgan fingerprint density at radius 1 is 1.10 bits per heavy atom. The Balaban J connectivity index is 1.47. The summed E-state index contributed by atoms with van der Waals surface area (Å²) in [6.07, 6.45) is 4.75. The van der Waals surface area contributed by atoms with Crippen molar-refractivity contribution >= 4 is 5.91 Å². The minimum Gasteiger partial charge on any atom is -0.454 e. The van der Waals surface area contributed by atoms with Gasteiger partial charge in [-0.05, 0) is 83.0 Å². The highest BCUT2D eigenvalue weighted by molar-refractivity contribution is 5.77. The van der Waals surface area contributed by atoms with Crippen LogP contribution in [0.25, 0.3) is 0 Å². The Morgan fingerprint density at radius 3 is 2.55 bits per heavy atom. The molecule has 0 aromatic heterocycles. The molecule has 3 aliphatic rings. The topological polar surface area (TPSA) is 45.3 Å². The van der Waals surface area contributed by atoms with E-state index < -0.39 is 0 Å². The van der Waals surface area contributed by atoms with E-state index >= 15 is 0 Å². The van der Waals surface area contributed by atoms with Gasteiger partial charge >= 0.3 is 0 Å². The molecular weight excluding hydrogens is 366 g/mol. The lowest BCUT2D eigenvalue weighted by Crippen LogP contribution is -2.60. The second-order valence-corrected chi connectivity index (χ2v) is 9.85. The Hall–Kier alpha value is -1.79. The molecule has 3 heterocycles. The first-order chi connectivity index (χ1) is 13.8. The molecule has 29 heavy (non-hydrogen) atoms. The number of amides is 1. The number of ether oxygens (including phenoxy) is 2. The molecule has 6 heteroatoms. The maximum Gasteiger partial charge on any atom is 0.231 e. The van der Waals surface area contributed by atoms with Gasteiger partial charge in [0.05, 0.1) is 0 Å². The standard InChI is InChI=1S/C23H35N3O3/c1-22(14-18-5-6-19-20(13-18)29-17-28-19)8-7-21(27)26(15-22)16-23(24(2)3)9-11-25(4)12-10-23/h5-6,13H,7-12,14-17H2,1-4H3. The summed E-state index contributed by atoms with van der Waals surface area (Å²) in [4.78, 5) is 19.8. The average Bonchev–Trinajstić information content (AvgIpc) is 3.14. The van der Waals surface area contributed by atoms with Gasteiger partial charge in [0.15, 0.2) is 11.5 Å². The van der Waals surface area contributed by atoms with E-state index in [0.717, 1.165) is 63.4 Å². The van der Waals surface area contributed by atoms with Crippen LogP contribution >= 0.6 is 0 Å². The zero-order valence-corrected chi connectivity index (χ0v) is 18.4. The lowest BCUT2D eigenvalue weighted by atomic mass is 9.75. The molecule has 1 aromatic rings. The Labute approximate surface area is 174 Å². The maximum absolute atomic E-state index is 12.9. The van der Waals surface area contributed by atoms with Gasteiger partial charge in [-0.15, -0.1) is 0 Å². The van der Waals surface area contributed by atoms with Crippen LogP contribution in [0.3, 0.4) is 0 Å². The van der Waals surface area contributed by atoms with E-state index in [1.807, 2.05) is 6.07 Å². The summed E-state index contributed by atoms with van der Waals surface area (Å²) in [6, 6.07) is 6.25. The molecule has 3 aliphatic heterocycles. The van der Waals surface area contributed by atoms with Crippen LogP contribution in [0.4, 0.5) is 0 Å². The highest BCUT2D eigenvalue weighted by Crippen LogP contribution is 2.39. The van der Waals surface area contributed by atoms with E-state index in [0.29, 0.717) is 19.1 Å². The molecular formula is C23H35N3O3. The van der Waals surface area contributed by atoms with E-state index in [1.54, 1.807) is 0 Å². The van der Waals surface area contributed by atoms with E-state index in [9.17, 15) is 4.79 Å². The van der Waals surface area contributed by atoms with E-state index in [-0.39, 0.29) is 11.0 Å². The van der Waals surface area contributed by atoms with Crippen LogP contribution in [0.15, 0.2) is 18.2 Å². The van der Waals surface area contributed by atoms with Gasteiger partial charge in [-0.2, -0.15) is 0 Å². The number of likely N-dealkylation sites (tertiary alicyclic amines) is 2. The number of piperidine rings is 2. The molecule has 0 saturated carbocycles. The number of carbonyl (C=O) groups excluding carboxylic acids is 1. The molecule has 4 rings (SSSR count). The van der Waals surface area contributed by atoms with Gasteiger partial charge in [0.1, 0.15) is 0 Å². The zero-order chi connectivity index (χ0) is 20.6. The second-order valence-electron chi connectivity index (χ2n) is 9.85. The molecule has 0 spiro atoms. The molecule has 2 fully saturated rings. The first kappa shape index (κ1) is 20.5. The number of rotatable bonds is 5. The van der Waals surface area contributed by atoms with Crippen molar-refractivity contribution in [1.29, 1.82) is 0 Å². The van der Waals surface area contributed by atoms with Crippen LogP contribution in [-0.2, 0) is 11.2 Å². The number of likely N-dealkylation sites (N-methyl/N-ethyl adjacent to an activating group) is 1. The van der Waals surface area contributed by atoms with Crippen molar-refractivity contribution in [3.63, 3.8) is 0 Å². The summed E-state index contributed by atoms with van der Waals surface area (Å²) in [7, 11) is 6.53. The minimum absolute atomic E-state index is 0.0825. The summed E-state index contributed by atoms with van der Waals surface area (Å²) in [6.45, 7) is 6.48. The monoisotopic (exact) mass is 401 g/mol. The summed E-state index contributed by atoms with van der Waals surface area (Å²) in [5.41, 5.74) is 1.42. The van der Waals surface area contributed by atoms with E-state index in [4.69, 9.17) is 9.47 Å². The number of benzene rings is 1. The van der Waals surface area contributed by atoms with Gasteiger partial charge < -0.3 is 24.2 Å². The van der Waals surface area contributed by atoms with Gasteiger partial charge in [0.2, 0.25) is 12.7 Å². The maximum atomic E-state index is 12.9. The molecule has 1 unspecified atom stereocenters. The fourth-order valence-corrected chi connectivity index (χ4v) is 5.16. The molecule has 1 atom stereocenters. The second kappa shape index (κ2) is 7.80. The quantitative estimate of drug-likeness (QED) is 0.759. The Bertz CT molecular complexity index is 758. The molecule has 1 aromatic carbocycles. The Morgan fingerprint density at radius 2 is 1.83 bits per heavy atom. The highest BCUT2D eigenvalue weighted by Gasteiger charge is 2.42. The van der Waals surface area contributed by atoms with Crippen molar-refractivity contribution in [2.24, 2.45) is 5.41 Å². The van der Waals surface area contributed by atoms with Crippen LogP contribution in [-0.4, -0.2) is 80.3 Å². The minimum atomic E-state index is 0.0825. The Kier molecular flexibility index (Phi) is 5.51. The number of nitrogens with zero attached hydrogens (tertiary/aromatic N) is 3. The predicted molar refractivity (Wildman–Crippen MR) is 113 cm³/mol. The SMILES string of the molecule is CN1CCC(CN2CC(C)(Cc3ccc4c(c3)OCO4)CCC2=O)(N(C)C)CC1. The third-order valence-corrected chi connectivity index (χ3v) is 7.29. The summed E-state index contributed by atoms with van der Waals surface area (Å²) in [5.74, 6) is 1.98. The van der Waals surface area contributed by atoms with Crippen molar-refractivity contribution in [2.75, 3.05) is 54.1 Å². The first-order valence-electron chi connectivity index (χ1n) is 10.8. The van der Waals surface area contributed by atoms with Crippen LogP contribution < -0.4 is 9.47 Å². The van der Waals surface area contributed by atoms with Crippen molar-refractivity contribution in [3.05, 3.63) is 23.8 Å². The molecule has 0 radical (unpaired) electrons. The summed E-state index contributed by atoms with van der Waals surface area (Å²) in [5, 5.41) is 0. The third-order valence-electron chi connectivity index (χ3n) is 7.29. The number of carbonyl (C=O) groups is 1. The van der Waals surface area contributed by atoms with Gasteiger partial charge in [-0.3, -0.25) is 4.79 Å². The van der Waals surface area contributed by atoms with Crippen LogP contribution in [0.2, 0.25) is 0 Å². The fourth-order valence-electron chi connectivity index (χ4n) is 5.16. The molecule has 2 saturated heterocycles. The van der Waals surface area contributed by atoms with Crippen molar-refractivity contribution in [3.8, 4) is 11.5 Å². The number of hydrogen-bond donors (Lipinski definition) is 0. The van der Waals surface area contributed by atoms with Gasteiger partial charge in [-0.1, -0.05) is 13.0 Å². The van der Waals surface area contributed by atoms with Crippen molar-refractivity contribution in [2.45, 2.75) is 44.6 Å². The largest absolute Gasteiger partial charge is 0.454 e. The molecule has 0 bridgehead atoms.